The van der Waals surface area contributed by atoms with Gasteiger partial charge in [-0.1, -0.05) is 28.1 Å². The molecular weight excluding hydrogens is 270 g/mol. The SMILES string of the molecule is Cc1ccc(C(O)CBr)c2ccc(=O)[nH]c12. The number of alkyl halides is 1. The number of aromatic amines is 1. The standard InChI is InChI=1S/C12H12BrNO2/c1-7-2-3-8(10(15)6-13)9-4-5-11(16)14-12(7)9/h2-5,10,15H,6H2,1H3,(H,14,16). The predicted molar refractivity (Wildman–Crippen MR) is 68.1 cm³/mol. The van der Waals surface area contributed by atoms with Crippen molar-refractivity contribution in [3.05, 3.63) is 45.7 Å². The molecule has 2 aromatic rings. The van der Waals surface area contributed by atoms with Crippen molar-refractivity contribution in [2.24, 2.45) is 0 Å². The Morgan fingerprint density at radius 1 is 1.38 bits per heavy atom. The molecule has 0 fully saturated rings. The minimum atomic E-state index is -0.561. The van der Waals surface area contributed by atoms with Gasteiger partial charge < -0.3 is 10.1 Å². The molecule has 0 saturated carbocycles. The van der Waals surface area contributed by atoms with E-state index in [9.17, 15) is 9.90 Å². The number of aliphatic hydroxyl groups excluding tert-OH is 1. The number of nitrogens with one attached hydrogen (secondary N) is 1. The smallest absolute Gasteiger partial charge is 0.248 e. The van der Waals surface area contributed by atoms with Crippen LogP contribution in [0.15, 0.2) is 29.1 Å². The van der Waals surface area contributed by atoms with Gasteiger partial charge >= 0.3 is 0 Å². The summed E-state index contributed by atoms with van der Waals surface area (Å²) in [5.41, 5.74) is 2.50. The average Bonchev–Trinajstić information content (AvgIpc) is 2.29. The lowest BCUT2D eigenvalue weighted by Crippen LogP contribution is -2.06. The van der Waals surface area contributed by atoms with Crippen LogP contribution in [0, 0.1) is 6.92 Å². The number of pyridine rings is 1. The lowest BCUT2D eigenvalue weighted by molar-refractivity contribution is 0.207. The molecule has 1 atom stereocenters. The van der Waals surface area contributed by atoms with Gasteiger partial charge in [0, 0.05) is 16.8 Å². The van der Waals surface area contributed by atoms with Gasteiger partial charge in [-0.2, -0.15) is 0 Å². The summed E-state index contributed by atoms with van der Waals surface area (Å²) < 4.78 is 0. The summed E-state index contributed by atoms with van der Waals surface area (Å²) in [6.45, 7) is 1.93. The molecular formula is C12H12BrNO2. The summed E-state index contributed by atoms with van der Waals surface area (Å²) >= 11 is 3.25. The summed E-state index contributed by atoms with van der Waals surface area (Å²) in [4.78, 5) is 14.1. The van der Waals surface area contributed by atoms with Gasteiger partial charge in [-0.05, 0) is 24.1 Å². The number of H-pyrrole nitrogens is 1. The maximum absolute atomic E-state index is 11.3. The molecule has 3 nitrogen and oxygen atoms in total. The van der Waals surface area contributed by atoms with Crippen molar-refractivity contribution in [1.82, 2.24) is 4.98 Å². The van der Waals surface area contributed by atoms with Crippen molar-refractivity contribution in [2.45, 2.75) is 13.0 Å². The van der Waals surface area contributed by atoms with Crippen molar-refractivity contribution in [3.63, 3.8) is 0 Å². The molecule has 0 radical (unpaired) electrons. The number of benzene rings is 1. The van der Waals surface area contributed by atoms with E-state index in [1.54, 1.807) is 6.07 Å². The normalized spacial score (nSPS) is 12.9. The van der Waals surface area contributed by atoms with Crippen LogP contribution >= 0.6 is 15.9 Å². The van der Waals surface area contributed by atoms with Crippen LogP contribution in [0.2, 0.25) is 0 Å². The van der Waals surface area contributed by atoms with Gasteiger partial charge in [0.15, 0.2) is 0 Å². The van der Waals surface area contributed by atoms with E-state index in [4.69, 9.17) is 0 Å². The van der Waals surface area contributed by atoms with Crippen LogP contribution in [-0.4, -0.2) is 15.4 Å². The minimum absolute atomic E-state index is 0.124. The molecule has 1 unspecified atom stereocenters. The molecule has 0 aliphatic carbocycles. The number of aryl methyl sites for hydroxylation is 1. The van der Waals surface area contributed by atoms with Crippen molar-refractivity contribution >= 4 is 26.8 Å². The van der Waals surface area contributed by atoms with Crippen molar-refractivity contribution < 1.29 is 5.11 Å². The van der Waals surface area contributed by atoms with E-state index < -0.39 is 6.10 Å². The van der Waals surface area contributed by atoms with Crippen LogP contribution in [-0.2, 0) is 0 Å². The molecule has 0 aliphatic rings. The molecule has 0 amide bonds. The van der Waals surface area contributed by atoms with E-state index in [0.717, 1.165) is 22.0 Å². The van der Waals surface area contributed by atoms with E-state index in [-0.39, 0.29) is 5.56 Å². The maximum Gasteiger partial charge on any atom is 0.248 e. The second-order valence-corrected chi connectivity index (χ2v) is 4.40. The number of rotatable bonds is 2. The molecule has 2 rings (SSSR count). The van der Waals surface area contributed by atoms with Crippen LogP contribution in [0.1, 0.15) is 17.2 Å². The first-order valence-electron chi connectivity index (χ1n) is 5.00. The summed E-state index contributed by atoms with van der Waals surface area (Å²) in [5, 5.41) is 11.2. The lowest BCUT2D eigenvalue weighted by atomic mass is 10.0. The Labute approximate surface area is 101 Å². The summed E-state index contributed by atoms with van der Waals surface area (Å²) in [7, 11) is 0. The van der Waals surface area contributed by atoms with Crippen molar-refractivity contribution in [1.29, 1.82) is 0 Å². The molecule has 0 aliphatic heterocycles. The topological polar surface area (TPSA) is 53.1 Å². The minimum Gasteiger partial charge on any atom is -0.388 e. The molecule has 16 heavy (non-hydrogen) atoms. The first-order chi connectivity index (χ1) is 7.63. The molecule has 2 N–H and O–H groups in total. The molecule has 1 heterocycles. The fourth-order valence-electron chi connectivity index (χ4n) is 1.79. The average molecular weight is 282 g/mol. The van der Waals surface area contributed by atoms with E-state index in [0.29, 0.717) is 5.33 Å². The number of hydrogen-bond donors (Lipinski definition) is 2. The van der Waals surface area contributed by atoms with Gasteiger partial charge in [-0.15, -0.1) is 0 Å². The number of aliphatic hydroxyl groups is 1. The highest BCUT2D eigenvalue weighted by atomic mass is 79.9. The number of halogens is 1. The molecule has 0 saturated heterocycles. The molecule has 4 heteroatoms. The Balaban J connectivity index is 2.79. The molecule has 1 aromatic heterocycles. The molecule has 84 valence electrons. The highest BCUT2D eigenvalue weighted by molar-refractivity contribution is 9.09. The van der Waals surface area contributed by atoms with Crippen molar-refractivity contribution in [2.75, 3.05) is 5.33 Å². The van der Waals surface area contributed by atoms with E-state index >= 15 is 0 Å². The first kappa shape index (κ1) is 11.4. The van der Waals surface area contributed by atoms with Crippen LogP contribution in [0.25, 0.3) is 10.9 Å². The number of fused-ring (bicyclic) bond motifs is 1. The van der Waals surface area contributed by atoms with E-state index in [2.05, 4.69) is 20.9 Å². The molecule has 0 spiro atoms. The zero-order chi connectivity index (χ0) is 11.7. The zero-order valence-electron chi connectivity index (χ0n) is 8.83. The Bertz CT molecular complexity index is 577. The van der Waals surface area contributed by atoms with E-state index in [1.807, 2.05) is 19.1 Å². The van der Waals surface area contributed by atoms with Crippen LogP contribution in [0.3, 0.4) is 0 Å². The van der Waals surface area contributed by atoms with Gasteiger partial charge in [0.25, 0.3) is 0 Å². The fourth-order valence-corrected chi connectivity index (χ4v) is 2.14. The predicted octanol–water partition coefficient (Wildman–Crippen LogP) is 2.26. The Morgan fingerprint density at radius 3 is 2.81 bits per heavy atom. The summed E-state index contributed by atoms with van der Waals surface area (Å²) in [5.74, 6) is 0. The highest BCUT2D eigenvalue weighted by Crippen LogP contribution is 2.25. The lowest BCUT2D eigenvalue weighted by Gasteiger charge is -2.12. The number of aromatic nitrogens is 1. The van der Waals surface area contributed by atoms with Crippen molar-refractivity contribution in [3.8, 4) is 0 Å². The van der Waals surface area contributed by atoms with Crippen LogP contribution < -0.4 is 5.56 Å². The zero-order valence-corrected chi connectivity index (χ0v) is 10.4. The van der Waals surface area contributed by atoms with Gasteiger partial charge in [0.1, 0.15) is 0 Å². The van der Waals surface area contributed by atoms with Gasteiger partial charge in [0.05, 0.1) is 11.6 Å². The molecule has 1 aromatic carbocycles. The molecule has 0 bridgehead atoms. The van der Waals surface area contributed by atoms with Gasteiger partial charge in [0.2, 0.25) is 5.56 Å². The maximum atomic E-state index is 11.3. The third-order valence-electron chi connectivity index (χ3n) is 2.64. The second kappa shape index (κ2) is 4.39. The highest BCUT2D eigenvalue weighted by Gasteiger charge is 2.11. The largest absolute Gasteiger partial charge is 0.388 e. The second-order valence-electron chi connectivity index (χ2n) is 3.75. The summed E-state index contributed by atoms with van der Waals surface area (Å²) in [6, 6.07) is 7.02. The quantitative estimate of drug-likeness (QED) is 0.830. The Kier molecular flexibility index (Phi) is 3.12. The summed E-state index contributed by atoms with van der Waals surface area (Å²) in [6.07, 6.45) is -0.561. The van der Waals surface area contributed by atoms with Crippen LogP contribution in [0.5, 0.6) is 0 Å². The Morgan fingerprint density at radius 2 is 2.12 bits per heavy atom. The third-order valence-corrected chi connectivity index (χ3v) is 3.26. The monoisotopic (exact) mass is 281 g/mol. The van der Waals surface area contributed by atoms with E-state index in [1.165, 1.54) is 6.07 Å². The van der Waals surface area contributed by atoms with Crippen LogP contribution in [0.4, 0.5) is 0 Å². The van der Waals surface area contributed by atoms with Gasteiger partial charge in [-0.3, -0.25) is 4.79 Å². The third kappa shape index (κ3) is 1.90. The Hall–Kier alpha value is -1.13. The fraction of sp³-hybridized carbons (Fsp3) is 0.250. The van der Waals surface area contributed by atoms with Gasteiger partial charge in [-0.25, -0.2) is 0 Å². The number of hydrogen-bond acceptors (Lipinski definition) is 2. The first-order valence-corrected chi connectivity index (χ1v) is 6.12.